The number of rotatable bonds is 7. The number of hydrogen-bond acceptors (Lipinski definition) is 4. The number of aryl methyl sites for hydroxylation is 2. The summed E-state index contributed by atoms with van der Waals surface area (Å²) in [6.45, 7) is 3.34. The van der Waals surface area contributed by atoms with Crippen LogP contribution in [0.3, 0.4) is 0 Å². The van der Waals surface area contributed by atoms with Crippen LogP contribution < -0.4 is 10.1 Å². The van der Waals surface area contributed by atoms with Crippen LogP contribution in [0.2, 0.25) is 0 Å². The molecular formula is C29H31N3O4. The van der Waals surface area contributed by atoms with Gasteiger partial charge in [-0.25, -0.2) is 4.79 Å². The summed E-state index contributed by atoms with van der Waals surface area (Å²) in [5.74, 6) is -0.290. The van der Waals surface area contributed by atoms with Crippen LogP contribution in [0.1, 0.15) is 49.7 Å². The van der Waals surface area contributed by atoms with Gasteiger partial charge in [-0.2, -0.15) is 0 Å². The van der Waals surface area contributed by atoms with Gasteiger partial charge >= 0.3 is 6.03 Å². The van der Waals surface area contributed by atoms with Crippen LogP contribution >= 0.6 is 0 Å². The second kappa shape index (κ2) is 10.4. The molecule has 2 aliphatic rings. The van der Waals surface area contributed by atoms with Crippen molar-refractivity contribution in [1.82, 2.24) is 14.8 Å². The molecule has 0 bridgehead atoms. The van der Waals surface area contributed by atoms with Crippen LogP contribution in [0.5, 0.6) is 5.75 Å². The van der Waals surface area contributed by atoms with Crippen LogP contribution in [-0.4, -0.2) is 40.0 Å². The summed E-state index contributed by atoms with van der Waals surface area (Å²) < 4.78 is 7.99. The summed E-state index contributed by atoms with van der Waals surface area (Å²) >= 11 is 0. The van der Waals surface area contributed by atoms with Crippen molar-refractivity contribution >= 4 is 34.8 Å². The number of aromatic nitrogens is 1. The minimum absolute atomic E-state index is 0.00535. The van der Waals surface area contributed by atoms with Crippen molar-refractivity contribution in [2.45, 2.75) is 58.0 Å². The van der Waals surface area contributed by atoms with E-state index in [0.29, 0.717) is 6.61 Å². The van der Waals surface area contributed by atoms with Crippen molar-refractivity contribution in [1.29, 1.82) is 0 Å². The molecule has 1 aliphatic carbocycles. The number of hydrogen-bond donors (Lipinski definition) is 1. The highest BCUT2D eigenvalue weighted by Gasteiger charge is 2.40. The van der Waals surface area contributed by atoms with Crippen molar-refractivity contribution in [3.63, 3.8) is 0 Å². The molecule has 1 aliphatic heterocycles. The molecule has 1 aromatic heterocycles. The average molecular weight is 486 g/mol. The molecule has 1 N–H and O–H groups in total. The van der Waals surface area contributed by atoms with Gasteiger partial charge in [-0.3, -0.25) is 19.8 Å². The van der Waals surface area contributed by atoms with Crippen molar-refractivity contribution < 1.29 is 19.1 Å². The molecule has 186 valence electrons. The smallest absolute Gasteiger partial charge is 0.331 e. The zero-order valence-corrected chi connectivity index (χ0v) is 20.5. The van der Waals surface area contributed by atoms with Crippen LogP contribution in [0, 0.1) is 6.92 Å². The lowest BCUT2D eigenvalue weighted by Crippen LogP contribution is -2.58. The Labute approximate surface area is 210 Å². The number of nitrogens with zero attached hydrogens (tertiary/aromatic N) is 2. The minimum Gasteiger partial charge on any atom is -0.494 e. The van der Waals surface area contributed by atoms with Gasteiger partial charge in [0.15, 0.2) is 0 Å². The third-order valence-corrected chi connectivity index (χ3v) is 7.03. The van der Waals surface area contributed by atoms with Crippen LogP contribution in [0.25, 0.3) is 17.0 Å². The van der Waals surface area contributed by atoms with Crippen molar-refractivity contribution in [3.05, 3.63) is 71.4 Å². The summed E-state index contributed by atoms with van der Waals surface area (Å²) in [6, 6.07) is 15.2. The Bertz CT molecular complexity index is 1320. The monoisotopic (exact) mass is 485 g/mol. The Balaban J connectivity index is 1.36. The van der Waals surface area contributed by atoms with Gasteiger partial charge in [-0.1, -0.05) is 55.2 Å². The summed E-state index contributed by atoms with van der Waals surface area (Å²) in [5.41, 5.74) is 3.00. The minimum atomic E-state index is -0.639. The molecule has 1 saturated carbocycles. The summed E-state index contributed by atoms with van der Waals surface area (Å²) in [4.78, 5) is 39.8. The van der Waals surface area contributed by atoms with E-state index in [-0.39, 0.29) is 11.6 Å². The van der Waals surface area contributed by atoms with E-state index in [1.807, 2.05) is 61.7 Å². The molecule has 3 aromatic rings. The van der Waals surface area contributed by atoms with Gasteiger partial charge in [0.2, 0.25) is 0 Å². The first-order chi connectivity index (χ1) is 17.5. The van der Waals surface area contributed by atoms with E-state index in [4.69, 9.17) is 4.74 Å². The highest BCUT2D eigenvalue weighted by Crippen LogP contribution is 2.28. The second-order valence-electron chi connectivity index (χ2n) is 9.59. The first-order valence-corrected chi connectivity index (χ1v) is 12.7. The van der Waals surface area contributed by atoms with Crippen LogP contribution in [0.4, 0.5) is 4.79 Å². The zero-order valence-electron chi connectivity index (χ0n) is 20.5. The summed E-state index contributed by atoms with van der Waals surface area (Å²) in [6.07, 6.45) is 9.02. The molecule has 5 rings (SSSR count). The maximum Gasteiger partial charge on any atom is 0.331 e. The van der Waals surface area contributed by atoms with E-state index in [0.717, 1.165) is 67.3 Å². The predicted octanol–water partition coefficient (Wildman–Crippen LogP) is 5.21. The fourth-order valence-corrected chi connectivity index (χ4v) is 5.13. The maximum atomic E-state index is 13.3. The summed E-state index contributed by atoms with van der Waals surface area (Å²) in [5, 5.41) is 3.33. The third-order valence-electron chi connectivity index (χ3n) is 7.03. The van der Waals surface area contributed by atoms with Crippen molar-refractivity contribution in [2.24, 2.45) is 0 Å². The van der Waals surface area contributed by atoms with Gasteiger partial charge in [0.25, 0.3) is 11.8 Å². The molecule has 7 heteroatoms. The fraction of sp³-hybridized carbons (Fsp3) is 0.345. The number of imide groups is 2. The number of fused-ring (bicyclic) bond motifs is 1. The van der Waals surface area contributed by atoms with Gasteiger partial charge in [0.1, 0.15) is 11.3 Å². The Kier molecular flexibility index (Phi) is 6.89. The largest absolute Gasteiger partial charge is 0.494 e. The fourth-order valence-electron chi connectivity index (χ4n) is 5.13. The number of amides is 4. The second-order valence-corrected chi connectivity index (χ2v) is 9.59. The number of carbonyl (C=O) groups is 3. The average Bonchev–Trinajstić information content (AvgIpc) is 3.23. The summed E-state index contributed by atoms with van der Waals surface area (Å²) in [7, 11) is 0. The number of benzene rings is 2. The number of nitrogens with one attached hydrogen (secondary N) is 1. The van der Waals surface area contributed by atoms with Gasteiger partial charge < -0.3 is 9.30 Å². The molecule has 0 atom stereocenters. The Morgan fingerprint density at radius 2 is 1.75 bits per heavy atom. The lowest BCUT2D eigenvalue weighted by atomic mass is 9.93. The van der Waals surface area contributed by atoms with Gasteiger partial charge in [0, 0.05) is 35.2 Å². The molecule has 2 aromatic carbocycles. The molecular weight excluding hydrogens is 454 g/mol. The van der Waals surface area contributed by atoms with Crippen LogP contribution in [-0.2, 0) is 16.1 Å². The molecule has 1 saturated heterocycles. The Hall–Kier alpha value is -3.87. The van der Waals surface area contributed by atoms with E-state index in [1.165, 1.54) is 10.5 Å². The Morgan fingerprint density at radius 1 is 1.00 bits per heavy atom. The standard InChI is InChI=1S/C29H31N3O4/c1-20-12-14-23(15-13-20)36-17-7-16-31-19-21(24-10-5-6-11-26(24)31)18-25-27(33)30-29(35)32(28(25)34)22-8-3-2-4-9-22/h5-6,10-15,18-19,22H,2-4,7-9,16-17H2,1H3,(H,30,33,35)/b25-18+. The third kappa shape index (κ3) is 4.91. The number of carbonyl (C=O) groups excluding carboxylic acids is 3. The van der Waals surface area contributed by atoms with E-state index in [9.17, 15) is 14.4 Å². The molecule has 2 heterocycles. The van der Waals surface area contributed by atoms with Crippen molar-refractivity contribution in [3.8, 4) is 5.75 Å². The Morgan fingerprint density at radius 3 is 2.53 bits per heavy atom. The number of barbiturate groups is 1. The SMILES string of the molecule is Cc1ccc(OCCCn2cc(/C=C3\C(=O)NC(=O)N(C4CCCCC4)C3=O)c3ccccc32)cc1. The molecule has 4 amide bonds. The maximum absolute atomic E-state index is 13.3. The van der Waals surface area contributed by atoms with Crippen LogP contribution in [0.15, 0.2) is 60.3 Å². The molecule has 0 unspecified atom stereocenters. The van der Waals surface area contributed by atoms with E-state index >= 15 is 0 Å². The highest BCUT2D eigenvalue weighted by atomic mass is 16.5. The normalized spacial score (nSPS) is 18.2. The topological polar surface area (TPSA) is 80.6 Å². The molecule has 0 spiro atoms. The lowest BCUT2D eigenvalue weighted by molar-refractivity contribution is -0.132. The molecule has 0 radical (unpaired) electrons. The first kappa shape index (κ1) is 23.9. The van der Waals surface area contributed by atoms with Gasteiger partial charge in [-0.05, 0) is 50.5 Å². The number of ether oxygens (including phenoxy) is 1. The zero-order chi connectivity index (χ0) is 25.1. The number of urea groups is 1. The van der Waals surface area contributed by atoms with Gasteiger partial charge in [-0.15, -0.1) is 0 Å². The first-order valence-electron chi connectivity index (χ1n) is 12.7. The van der Waals surface area contributed by atoms with E-state index in [1.54, 1.807) is 6.08 Å². The highest BCUT2D eigenvalue weighted by molar-refractivity contribution is 6.31. The quantitative estimate of drug-likeness (QED) is 0.283. The lowest BCUT2D eigenvalue weighted by Gasteiger charge is -2.35. The van der Waals surface area contributed by atoms with E-state index < -0.39 is 17.8 Å². The molecule has 2 fully saturated rings. The molecule has 7 nitrogen and oxygen atoms in total. The van der Waals surface area contributed by atoms with Crippen molar-refractivity contribution in [2.75, 3.05) is 6.61 Å². The molecule has 36 heavy (non-hydrogen) atoms. The predicted molar refractivity (Wildman–Crippen MR) is 138 cm³/mol. The van der Waals surface area contributed by atoms with Gasteiger partial charge in [0.05, 0.1) is 6.61 Å². The number of para-hydroxylation sites is 1. The van der Waals surface area contributed by atoms with E-state index in [2.05, 4.69) is 9.88 Å².